The van der Waals surface area contributed by atoms with Crippen LogP contribution in [0.3, 0.4) is 0 Å². The van der Waals surface area contributed by atoms with E-state index in [1.54, 1.807) is 0 Å². The fourth-order valence-corrected chi connectivity index (χ4v) is 1.13. The Morgan fingerprint density at radius 3 is 2.00 bits per heavy atom. The van der Waals surface area contributed by atoms with Gasteiger partial charge in [0.2, 0.25) is 0 Å². The SMILES string of the molecule is Cl.Cl.NCCCCC(CCN)C(=O)O. The van der Waals surface area contributed by atoms with Crippen LogP contribution in [0, 0.1) is 5.92 Å². The summed E-state index contributed by atoms with van der Waals surface area (Å²) in [6.07, 6.45) is 3.05. The van der Waals surface area contributed by atoms with Gasteiger partial charge >= 0.3 is 5.97 Å². The van der Waals surface area contributed by atoms with Crippen LogP contribution in [0.4, 0.5) is 0 Å². The normalized spacial score (nSPS) is 11.0. The molecule has 6 heteroatoms. The third-order valence-corrected chi connectivity index (χ3v) is 1.87. The van der Waals surface area contributed by atoms with Gasteiger partial charge in [0.1, 0.15) is 0 Å². The van der Waals surface area contributed by atoms with E-state index in [0.717, 1.165) is 12.8 Å². The number of unbranched alkanes of at least 4 members (excludes halogenated alkanes) is 1. The van der Waals surface area contributed by atoms with Gasteiger partial charge in [-0.25, -0.2) is 0 Å². The molecule has 0 amide bonds. The maximum absolute atomic E-state index is 10.6. The summed E-state index contributed by atoms with van der Waals surface area (Å²) in [5, 5.41) is 8.72. The Bertz CT molecular complexity index is 137. The summed E-state index contributed by atoms with van der Waals surface area (Å²) >= 11 is 0. The van der Waals surface area contributed by atoms with Crippen molar-refractivity contribution in [1.82, 2.24) is 0 Å². The quantitative estimate of drug-likeness (QED) is 0.585. The minimum Gasteiger partial charge on any atom is -0.481 e. The number of aliphatic carboxylic acids is 1. The van der Waals surface area contributed by atoms with Crippen LogP contribution in [0.1, 0.15) is 25.7 Å². The molecule has 0 bridgehead atoms. The van der Waals surface area contributed by atoms with Crippen LogP contribution in [-0.4, -0.2) is 24.2 Å². The highest BCUT2D eigenvalue weighted by Gasteiger charge is 2.14. The summed E-state index contributed by atoms with van der Waals surface area (Å²) < 4.78 is 0. The van der Waals surface area contributed by atoms with Crippen molar-refractivity contribution in [3.63, 3.8) is 0 Å². The lowest BCUT2D eigenvalue weighted by Crippen LogP contribution is -2.18. The molecule has 0 saturated heterocycles. The van der Waals surface area contributed by atoms with Crippen molar-refractivity contribution in [3.05, 3.63) is 0 Å². The van der Waals surface area contributed by atoms with Gasteiger partial charge in [-0.05, 0) is 32.4 Å². The Kier molecular flexibility index (Phi) is 18.1. The van der Waals surface area contributed by atoms with Crippen LogP contribution in [0.5, 0.6) is 0 Å². The monoisotopic (exact) mass is 246 g/mol. The van der Waals surface area contributed by atoms with Crippen LogP contribution in [0.25, 0.3) is 0 Å². The van der Waals surface area contributed by atoms with E-state index in [2.05, 4.69) is 0 Å². The van der Waals surface area contributed by atoms with Crippen LogP contribution in [0.2, 0.25) is 0 Å². The highest BCUT2D eigenvalue weighted by molar-refractivity contribution is 5.85. The molecular weight excluding hydrogens is 227 g/mol. The first-order chi connectivity index (χ1) is 5.72. The number of halogens is 2. The van der Waals surface area contributed by atoms with Crippen LogP contribution >= 0.6 is 24.8 Å². The fourth-order valence-electron chi connectivity index (χ4n) is 1.13. The summed E-state index contributed by atoms with van der Waals surface area (Å²) in [4.78, 5) is 10.6. The highest BCUT2D eigenvalue weighted by atomic mass is 35.5. The molecule has 5 N–H and O–H groups in total. The first-order valence-electron chi connectivity index (χ1n) is 4.35. The van der Waals surface area contributed by atoms with Crippen molar-refractivity contribution in [2.24, 2.45) is 17.4 Å². The number of carbonyl (C=O) groups is 1. The number of rotatable bonds is 7. The molecule has 0 aliphatic rings. The van der Waals surface area contributed by atoms with Gasteiger partial charge in [0.25, 0.3) is 0 Å². The molecule has 4 nitrogen and oxygen atoms in total. The minimum absolute atomic E-state index is 0. The van der Waals surface area contributed by atoms with Gasteiger partial charge in [0, 0.05) is 0 Å². The summed E-state index contributed by atoms with van der Waals surface area (Å²) in [6.45, 7) is 1.08. The molecule has 0 spiro atoms. The first kappa shape index (κ1) is 19.5. The maximum atomic E-state index is 10.6. The smallest absolute Gasteiger partial charge is 0.306 e. The van der Waals surface area contributed by atoms with E-state index in [9.17, 15) is 4.79 Å². The van der Waals surface area contributed by atoms with Crippen molar-refractivity contribution in [2.75, 3.05) is 13.1 Å². The third kappa shape index (κ3) is 10.1. The second-order valence-electron chi connectivity index (χ2n) is 2.90. The zero-order valence-corrected chi connectivity index (χ0v) is 9.78. The summed E-state index contributed by atoms with van der Waals surface area (Å²) in [6, 6.07) is 0. The highest BCUT2D eigenvalue weighted by Crippen LogP contribution is 2.11. The molecule has 1 atom stereocenters. The van der Waals surface area contributed by atoms with E-state index >= 15 is 0 Å². The lowest BCUT2D eigenvalue weighted by Gasteiger charge is -2.09. The van der Waals surface area contributed by atoms with Crippen LogP contribution < -0.4 is 11.5 Å². The Labute approximate surface area is 97.2 Å². The Morgan fingerprint density at radius 1 is 1.07 bits per heavy atom. The summed E-state index contributed by atoms with van der Waals surface area (Å²) in [5.41, 5.74) is 10.6. The molecule has 0 heterocycles. The van der Waals surface area contributed by atoms with Gasteiger partial charge in [-0.3, -0.25) is 4.79 Å². The number of nitrogens with two attached hydrogens (primary N) is 2. The lowest BCUT2D eigenvalue weighted by atomic mass is 9.99. The zero-order valence-electron chi connectivity index (χ0n) is 8.15. The molecule has 1 unspecified atom stereocenters. The van der Waals surface area contributed by atoms with Gasteiger partial charge in [0.15, 0.2) is 0 Å². The number of carboxylic acid groups (broad SMARTS) is 1. The van der Waals surface area contributed by atoms with Crippen molar-refractivity contribution < 1.29 is 9.90 Å². The van der Waals surface area contributed by atoms with Gasteiger partial charge in [0.05, 0.1) is 5.92 Å². The molecule has 0 saturated carbocycles. The number of hydrogen-bond acceptors (Lipinski definition) is 3. The number of hydrogen-bond donors (Lipinski definition) is 3. The fraction of sp³-hybridized carbons (Fsp3) is 0.875. The Balaban J connectivity index is -0.000000605. The van der Waals surface area contributed by atoms with E-state index < -0.39 is 5.97 Å². The average Bonchev–Trinajstić information content (AvgIpc) is 2.03. The summed E-state index contributed by atoms with van der Waals surface area (Å²) in [7, 11) is 0. The number of carboxylic acids is 1. The maximum Gasteiger partial charge on any atom is 0.306 e. The second kappa shape index (κ2) is 13.0. The van der Waals surface area contributed by atoms with Crippen molar-refractivity contribution >= 4 is 30.8 Å². The molecule has 0 aliphatic heterocycles. The molecule has 14 heavy (non-hydrogen) atoms. The lowest BCUT2D eigenvalue weighted by molar-refractivity contribution is -0.142. The van der Waals surface area contributed by atoms with Gasteiger partial charge in [-0.2, -0.15) is 0 Å². The topological polar surface area (TPSA) is 89.3 Å². The Morgan fingerprint density at radius 2 is 1.64 bits per heavy atom. The molecule has 0 aromatic heterocycles. The standard InChI is InChI=1S/C8H18N2O2.2ClH/c9-5-2-1-3-7(4-6-10)8(11)12;;/h7H,1-6,9-10H2,(H,11,12);2*1H. The van der Waals surface area contributed by atoms with E-state index in [0.29, 0.717) is 25.9 Å². The second-order valence-corrected chi connectivity index (χ2v) is 2.90. The largest absolute Gasteiger partial charge is 0.481 e. The predicted molar refractivity (Wildman–Crippen MR) is 62.2 cm³/mol. The molecule has 0 rings (SSSR count). The Hall–Kier alpha value is -0.0300. The summed E-state index contributed by atoms with van der Waals surface area (Å²) in [5.74, 6) is -1.01. The molecular formula is C8H20Cl2N2O2. The van der Waals surface area contributed by atoms with Gasteiger partial charge in [-0.15, -0.1) is 24.8 Å². The van der Waals surface area contributed by atoms with Crippen molar-refractivity contribution in [3.8, 4) is 0 Å². The van der Waals surface area contributed by atoms with E-state index in [1.807, 2.05) is 0 Å². The van der Waals surface area contributed by atoms with E-state index in [4.69, 9.17) is 16.6 Å². The molecule has 88 valence electrons. The van der Waals surface area contributed by atoms with Gasteiger partial charge < -0.3 is 16.6 Å². The molecule has 0 fully saturated rings. The van der Waals surface area contributed by atoms with Crippen LogP contribution in [-0.2, 0) is 4.79 Å². The predicted octanol–water partition coefficient (Wildman–Crippen LogP) is 1.01. The first-order valence-corrected chi connectivity index (χ1v) is 4.35. The third-order valence-electron chi connectivity index (χ3n) is 1.87. The minimum atomic E-state index is -0.738. The molecule has 0 aromatic rings. The molecule has 0 aromatic carbocycles. The van der Waals surface area contributed by atoms with Crippen LogP contribution in [0.15, 0.2) is 0 Å². The molecule has 0 aliphatic carbocycles. The average molecular weight is 247 g/mol. The molecule has 0 radical (unpaired) electrons. The van der Waals surface area contributed by atoms with E-state index in [1.165, 1.54) is 0 Å². The van der Waals surface area contributed by atoms with Crippen molar-refractivity contribution in [1.29, 1.82) is 0 Å². The zero-order chi connectivity index (χ0) is 9.40. The van der Waals surface area contributed by atoms with Gasteiger partial charge in [-0.1, -0.05) is 6.42 Å². The van der Waals surface area contributed by atoms with Crippen molar-refractivity contribution in [2.45, 2.75) is 25.7 Å². The van der Waals surface area contributed by atoms with E-state index in [-0.39, 0.29) is 30.7 Å².